The van der Waals surface area contributed by atoms with Gasteiger partial charge in [-0.2, -0.15) is 0 Å². The largest absolute Gasteiger partial charge is 0.468 e. The lowest BCUT2D eigenvalue weighted by atomic mass is 10.2. The standard InChI is InChI=1S/C13H15Cl2NO4/c1-19-12(17)7-16(8-13(18)20-2)6-9-10(14)4-3-5-11(9)15/h3-5H,6-8H2,1-2H3. The van der Waals surface area contributed by atoms with E-state index in [-0.39, 0.29) is 19.6 Å². The fourth-order valence-corrected chi connectivity index (χ4v) is 2.09. The fraction of sp³-hybridized carbons (Fsp3) is 0.385. The minimum atomic E-state index is -0.461. The van der Waals surface area contributed by atoms with Gasteiger partial charge < -0.3 is 9.47 Å². The van der Waals surface area contributed by atoms with Crippen molar-refractivity contribution in [2.45, 2.75) is 6.54 Å². The van der Waals surface area contributed by atoms with Crippen molar-refractivity contribution >= 4 is 35.1 Å². The Morgan fingerprint density at radius 2 is 1.50 bits per heavy atom. The molecule has 0 fully saturated rings. The number of carbonyl (C=O) groups is 2. The topological polar surface area (TPSA) is 55.8 Å². The smallest absolute Gasteiger partial charge is 0.319 e. The van der Waals surface area contributed by atoms with Crippen LogP contribution in [0.5, 0.6) is 0 Å². The van der Waals surface area contributed by atoms with Crippen LogP contribution < -0.4 is 0 Å². The van der Waals surface area contributed by atoms with Crippen molar-refractivity contribution in [1.82, 2.24) is 4.90 Å². The van der Waals surface area contributed by atoms with Crippen molar-refractivity contribution in [1.29, 1.82) is 0 Å². The van der Waals surface area contributed by atoms with Crippen LogP contribution in [0.15, 0.2) is 18.2 Å². The minimum Gasteiger partial charge on any atom is -0.468 e. The zero-order valence-electron chi connectivity index (χ0n) is 11.2. The molecule has 0 N–H and O–H groups in total. The lowest BCUT2D eigenvalue weighted by molar-refractivity contribution is -0.145. The van der Waals surface area contributed by atoms with Gasteiger partial charge in [-0.05, 0) is 12.1 Å². The first-order chi connectivity index (χ1) is 9.47. The summed E-state index contributed by atoms with van der Waals surface area (Å²) < 4.78 is 9.19. The maximum atomic E-state index is 11.4. The van der Waals surface area contributed by atoms with E-state index >= 15 is 0 Å². The van der Waals surface area contributed by atoms with Crippen LogP contribution in [-0.4, -0.2) is 44.1 Å². The van der Waals surface area contributed by atoms with Gasteiger partial charge in [0.2, 0.25) is 0 Å². The predicted octanol–water partition coefficient (Wildman–Crippen LogP) is 2.14. The van der Waals surface area contributed by atoms with Gasteiger partial charge in [-0.1, -0.05) is 29.3 Å². The Bertz CT molecular complexity index is 455. The molecule has 0 aliphatic heterocycles. The molecule has 0 aromatic heterocycles. The molecule has 0 bridgehead atoms. The number of esters is 2. The average Bonchev–Trinajstić information content (AvgIpc) is 2.42. The molecular formula is C13H15Cl2NO4. The molecule has 0 radical (unpaired) electrons. The van der Waals surface area contributed by atoms with E-state index < -0.39 is 11.9 Å². The normalized spacial score (nSPS) is 10.4. The molecule has 0 amide bonds. The van der Waals surface area contributed by atoms with E-state index in [4.69, 9.17) is 23.2 Å². The van der Waals surface area contributed by atoms with Crippen LogP contribution in [0.3, 0.4) is 0 Å². The average molecular weight is 320 g/mol. The number of rotatable bonds is 6. The lowest BCUT2D eigenvalue weighted by Gasteiger charge is -2.20. The highest BCUT2D eigenvalue weighted by Crippen LogP contribution is 2.25. The number of nitrogens with zero attached hydrogens (tertiary/aromatic N) is 1. The third-order valence-electron chi connectivity index (χ3n) is 2.60. The first-order valence-corrected chi connectivity index (χ1v) is 6.52. The fourth-order valence-electron chi connectivity index (χ4n) is 1.57. The molecule has 20 heavy (non-hydrogen) atoms. The zero-order valence-corrected chi connectivity index (χ0v) is 12.7. The summed E-state index contributed by atoms with van der Waals surface area (Å²) in [6.07, 6.45) is 0. The van der Waals surface area contributed by atoms with Crippen molar-refractivity contribution in [3.8, 4) is 0 Å². The third-order valence-corrected chi connectivity index (χ3v) is 3.31. The van der Waals surface area contributed by atoms with E-state index in [2.05, 4.69) is 9.47 Å². The Kier molecular flexibility index (Phi) is 6.78. The van der Waals surface area contributed by atoms with Crippen molar-refractivity contribution in [3.63, 3.8) is 0 Å². The molecule has 5 nitrogen and oxygen atoms in total. The molecular weight excluding hydrogens is 305 g/mol. The molecule has 1 aromatic rings. The van der Waals surface area contributed by atoms with Crippen LogP contribution in [0.2, 0.25) is 10.0 Å². The van der Waals surface area contributed by atoms with E-state index in [0.29, 0.717) is 15.6 Å². The van der Waals surface area contributed by atoms with Gasteiger partial charge in [0.15, 0.2) is 0 Å². The maximum absolute atomic E-state index is 11.4. The molecule has 0 spiro atoms. The van der Waals surface area contributed by atoms with E-state index in [9.17, 15) is 9.59 Å². The molecule has 0 saturated carbocycles. The first-order valence-electron chi connectivity index (χ1n) is 5.76. The molecule has 1 rings (SSSR count). The Hall–Kier alpha value is -1.30. The quantitative estimate of drug-likeness (QED) is 0.752. The predicted molar refractivity (Wildman–Crippen MR) is 75.8 cm³/mol. The van der Waals surface area contributed by atoms with Gasteiger partial charge >= 0.3 is 11.9 Å². The number of benzene rings is 1. The van der Waals surface area contributed by atoms with Gasteiger partial charge in [0, 0.05) is 22.2 Å². The van der Waals surface area contributed by atoms with Crippen molar-refractivity contribution < 1.29 is 19.1 Å². The zero-order chi connectivity index (χ0) is 15.1. The van der Waals surface area contributed by atoms with Crippen LogP contribution >= 0.6 is 23.2 Å². The SMILES string of the molecule is COC(=O)CN(CC(=O)OC)Cc1c(Cl)cccc1Cl. The second kappa shape index (κ2) is 8.09. The summed E-state index contributed by atoms with van der Waals surface area (Å²) >= 11 is 12.1. The number of methoxy groups -OCH3 is 2. The van der Waals surface area contributed by atoms with Gasteiger partial charge in [-0.3, -0.25) is 14.5 Å². The van der Waals surface area contributed by atoms with E-state index in [1.165, 1.54) is 14.2 Å². The monoisotopic (exact) mass is 319 g/mol. The van der Waals surface area contributed by atoms with Crippen LogP contribution in [0.1, 0.15) is 5.56 Å². The summed E-state index contributed by atoms with van der Waals surface area (Å²) in [5, 5.41) is 0.939. The Morgan fingerprint density at radius 1 is 1.05 bits per heavy atom. The second-order valence-corrected chi connectivity index (χ2v) is 4.81. The number of carbonyl (C=O) groups excluding carboxylic acids is 2. The summed E-state index contributed by atoms with van der Waals surface area (Å²) in [5.74, 6) is -0.922. The first kappa shape index (κ1) is 16.8. The van der Waals surface area contributed by atoms with E-state index in [1.54, 1.807) is 23.1 Å². The highest BCUT2D eigenvalue weighted by molar-refractivity contribution is 6.35. The minimum absolute atomic E-state index is 0.0623. The summed E-state index contributed by atoms with van der Waals surface area (Å²) in [7, 11) is 2.56. The van der Waals surface area contributed by atoms with Crippen molar-refractivity contribution in [2.75, 3.05) is 27.3 Å². The van der Waals surface area contributed by atoms with Crippen LogP contribution in [0.25, 0.3) is 0 Å². The Labute approximate surface area is 127 Å². The molecule has 0 aliphatic carbocycles. The number of hydrogen-bond donors (Lipinski definition) is 0. The van der Waals surface area contributed by atoms with Gasteiger partial charge in [-0.25, -0.2) is 0 Å². The maximum Gasteiger partial charge on any atom is 0.319 e. The van der Waals surface area contributed by atoms with Crippen LogP contribution in [-0.2, 0) is 25.6 Å². The van der Waals surface area contributed by atoms with Gasteiger partial charge in [-0.15, -0.1) is 0 Å². The summed E-state index contributed by atoms with van der Waals surface area (Å²) in [4.78, 5) is 24.3. The number of hydrogen-bond acceptors (Lipinski definition) is 5. The van der Waals surface area contributed by atoms with Crippen molar-refractivity contribution in [3.05, 3.63) is 33.8 Å². The van der Waals surface area contributed by atoms with E-state index in [0.717, 1.165) is 0 Å². The molecule has 0 atom stereocenters. The molecule has 0 aliphatic rings. The van der Waals surface area contributed by atoms with Gasteiger partial charge in [0.1, 0.15) is 0 Å². The third kappa shape index (κ3) is 5.00. The molecule has 0 heterocycles. The van der Waals surface area contributed by atoms with Gasteiger partial charge in [0.05, 0.1) is 27.3 Å². The summed E-state index contributed by atoms with van der Waals surface area (Å²) in [5.41, 5.74) is 0.642. The second-order valence-electron chi connectivity index (χ2n) is 4.00. The number of ether oxygens (including phenoxy) is 2. The highest BCUT2D eigenvalue weighted by atomic mass is 35.5. The van der Waals surface area contributed by atoms with Crippen LogP contribution in [0.4, 0.5) is 0 Å². The molecule has 7 heteroatoms. The Balaban J connectivity index is 2.87. The van der Waals surface area contributed by atoms with Crippen LogP contribution in [0, 0.1) is 0 Å². The molecule has 0 saturated heterocycles. The highest BCUT2D eigenvalue weighted by Gasteiger charge is 2.18. The van der Waals surface area contributed by atoms with Crippen molar-refractivity contribution in [2.24, 2.45) is 0 Å². The van der Waals surface area contributed by atoms with Gasteiger partial charge in [0.25, 0.3) is 0 Å². The molecule has 1 aromatic carbocycles. The lowest BCUT2D eigenvalue weighted by Crippen LogP contribution is -2.35. The van der Waals surface area contributed by atoms with E-state index in [1.807, 2.05) is 0 Å². The summed E-state index contributed by atoms with van der Waals surface area (Å²) in [6.45, 7) is 0.114. The Morgan fingerprint density at radius 3 is 1.90 bits per heavy atom. The molecule has 110 valence electrons. The molecule has 0 unspecified atom stereocenters. The number of halogens is 2. The summed E-state index contributed by atoms with van der Waals surface area (Å²) in [6, 6.07) is 5.10.